The molecule has 25 heavy (non-hydrogen) atoms. The molecular weight excluding hydrogens is 324 g/mol. The number of urea groups is 1. The van der Waals surface area contributed by atoms with E-state index in [9.17, 15) is 14.4 Å². The van der Waals surface area contributed by atoms with Crippen LogP contribution in [0.25, 0.3) is 6.08 Å². The van der Waals surface area contributed by atoms with Crippen LogP contribution < -0.4 is 14.8 Å². The van der Waals surface area contributed by atoms with Crippen LogP contribution in [0.15, 0.2) is 23.8 Å². The Hall–Kier alpha value is -2.83. The summed E-state index contributed by atoms with van der Waals surface area (Å²) in [5, 5.41) is 2.23. The number of amides is 4. The first kappa shape index (κ1) is 17.0. The summed E-state index contributed by atoms with van der Waals surface area (Å²) >= 11 is 0. The number of carbonyl (C=O) groups is 3. The zero-order valence-corrected chi connectivity index (χ0v) is 14.0. The van der Waals surface area contributed by atoms with Crippen molar-refractivity contribution in [1.29, 1.82) is 0 Å². The highest BCUT2D eigenvalue weighted by Crippen LogP contribution is 2.33. The highest BCUT2D eigenvalue weighted by Gasteiger charge is 2.35. The molecule has 7 heteroatoms. The topological polar surface area (TPSA) is 84.9 Å². The molecule has 2 heterocycles. The molecule has 132 valence electrons. The molecule has 1 aromatic rings. The van der Waals surface area contributed by atoms with Crippen LogP contribution in [0.1, 0.15) is 38.2 Å². The number of hydrogen-bond donors (Lipinski definition) is 1. The summed E-state index contributed by atoms with van der Waals surface area (Å²) in [6.07, 6.45) is 5.22. The smallest absolute Gasteiger partial charge is 0.331 e. The Kier molecular flexibility index (Phi) is 5.02. The molecule has 0 spiro atoms. The molecule has 0 saturated carbocycles. The summed E-state index contributed by atoms with van der Waals surface area (Å²) < 4.78 is 10.5. The number of nitrogens with one attached hydrogen (secondary N) is 1. The second-order valence-corrected chi connectivity index (χ2v) is 5.95. The van der Waals surface area contributed by atoms with Crippen LogP contribution in [0, 0.1) is 0 Å². The van der Waals surface area contributed by atoms with E-state index in [4.69, 9.17) is 9.47 Å². The third-order valence-corrected chi connectivity index (χ3v) is 4.13. The summed E-state index contributed by atoms with van der Waals surface area (Å²) in [7, 11) is 0. The van der Waals surface area contributed by atoms with Crippen LogP contribution in [-0.4, -0.2) is 36.1 Å². The van der Waals surface area contributed by atoms with E-state index >= 15 is 0 Å². The van der Waals surface area contributed by atoms with Crippen LogP contribution in [0.4, 0.5) is 4.79 Å². The fourth-order valence-electron chi connectivity index (χ4n) is 2.76. The monoisotopic (exact) mass is 344 g/mol. The minimum atomic E-state index is -0.683. The van der Waals surface area contributed by atoms with Crippen molar-refractivity contribution in [3.63, 3.8) is 0 Å². The van der Waals surface area contributed by atoms with Crippen molar-refractivity contribution in [1.82, 2.24) is 10.2 Å². The van der Waals surface area contributed by atoms with Crippen LogP contribution >= 0.6 is 0 Å². The normalized spacial score (nSPS) is 18.0. The SMILES string of the molecule is CCCCCCN1C(=O)NC(=O)/C(=C/c2ccc3c(c2)OCO3)C1=O. The van der Waals surface area contributed by atoms with Gasteiger partial charge in [-0.15, -0.1) is 0 Å². The van der Waals surface area contributed by atoms with E-state index in [-0.39, 0.29) is 12.4 Å². The van der Waals surface area contributed by atoms with E-state index in [0.717, 1.165) is 30.6 Å². The molecule has 2 aliphatic heterocycles. The summed E-state index contributed by atoms with van der Waals surface area (Å²) in [5.74, 6) is -0.0693. The van der Waals surface area contributed by atoms with Gasteiger partial charge in [-0.1, -0.05) is 32.3 Å². The molecule has 2 aliphatic rings. The fourth-order valence-corrected chi connectivity index (χ4v) is 2.76. The second kappa shape index (κ2) is 7.38. The first-order valence-corrected chi connectivity index (χ1v) is 8.38. The zero-order valence-electron chi connectivity index (χ0n) is 14.0. The van der Waals surface area contributed by atoms with Gasteiger partial charge in [-0.05, 0) is 30.2 Å². The van der Waals surface area contributed by atoms with Gasteiger partial charge in [0.2, 0.25) is 6.79 Å². The van der Waals surface area contributed by atoms with Gasteiger partial charge < -0.3 is 9.47 Å². The molecule has 7 nitrogen and oxygen atoms in total. The lowest BCUT2D eigenvalue weighted by Crippen LogP contribution is -2.54. The van der Waals surface area contributed by atoms with Crippen molar-refractivity contribution >= 4 is 23.9 Å². The van der Waals surface area contributed by atoms with Crippen LogP contribution in [0.2, 0.25) is 0 Å². The Balaban J connectivity index is 1.78. The Morgan fingerprint density at radius 2 is 1.92 bits per heavy atom. The van der Waals surface area contributed by atoms with Gasteiger partial charge in [-0.25, -0.2) is 4.79 Å². The van der Waals surface area contributed by atoms with Crippen molar-refractivity contribution < 1.29 is 23.9 Å². The highest BCUT2D eigenvalue weighted by atomic mass is 16.7. The van der Waals surface area contributed by atoms with E-state index in [0.29, 0.717) is 23.6 Å². The van der Waals surface area contributed by atoms with E-state index in [1.165, 1.54) is 6.08 Å². The maximum atomic E-state index is 12.6. The number of fused-ring (bicyclic) bond motifs is 1. The second-order valence-electron chi connectivity index (χ2n) is 5.95. The number of unbranched alkanes of at least 4 members (excludes halogenated alkanes) is 3. The average molecular weight is 344 g/mol. The number of nitrogens with zero attached hydrogens (tertiary/aromatic N) is 1. The van der Waals surface area contributed by atoms with Crippen LogP contribution in [-0.2, 0) is 9.59 Å². The fraction of sp³-hybridized carbons (Fsp3) is 0.389. The zero-order chi connectivity index (χ0) is 17.8. The third-order valence-electron chi connectivity index (χ3n) is 4.13. The minimum Gasteiger partial charge on any atom is -0.454 e. The van der Waals surface area contributed by atoms with E-state index in [1.54, 1.807) is 18.2 Å². The summed E-state index contributed by atoms with van der Waals surface area (Å²) in [6.45, 7) is 2.54. The molecule has 0 aromatic heterocycles. The Bertz CT molecular complexity index is 741. The minimum absolute atomic E-state index is 0.0612. The number of barbiturate groups is 1. The Labute approximate surface area is 145 Å². The predicted molar refractivity (Wildman–Crippen MR) is 89.9 cm³/mol. The van der Waals surface area contributed by atoms with Gasteiger partial charge in [-0.3, -0.25) is 19.8 Å². The molecule has 0 unspecified atom stereocenters. The number of rotatable bonds is 6. The highest BCUT2D eigenvalue weighted by molar-refractivity contribution is 6.31. The van der Waals surface area contributed by atoms with Crippen molar-refractivity contribution in [3.05, 3.63) is 29.3 Å². The lowest BCUT2D eigenvalue weighted by Gasteiger charge is -2.26. The first-order chi connectivity index (χ1) is 12.1. The standard InChI is InChI=1S/C18H20N2O5/c1-2-3-4-5-8-20-17(22)13(16(21)19-18(20)23)9-12-6-7-14-15(10-12)25-11-24-14/h6-7,9-10H,2-5,8,11H2,1H3,(H,19,21,23)/b13-9-. The quantitative estimate of drug-likeness (QED) is 0.487. The molecule has 4 amide bonds. The number of ether oxygens (including phenoxy) is 2. The molecule has 1 saturated heterocycles. The predicted octanol–water partition coefficient (Wildman–Crippen LogP) is 2.46. The Morgan fingerprint density at radius 3 is 2.72 bits per heavy atom. The van der Waals surface area contributed by atoms with Gasteiger partial charge in [0, 0.05) is 6.54 Å². The summed E-state index contributed by atoms with van der Waals surface area (Å²) in [4.78, 5) is 37.7. The number of hydrogen-bond acceptors (Lipinski definition) is 5. The van der Waals surface area contributed by atoms with Crippen molar-refractivity contribution in [2.75, 3.05) is 13.3 Å². The maximum Gasteiger partial charge on any atom is 0.331 e. The van der Waals surface area contributed by atoms with Crippen molar-refractivity contribution in [3.8, 4) is 11.5 Å². The first-order valence-electron chi connectivity index (χ1n) is 8.38. The molecule has 0 radical (unpaired) electrons. The number of imide groups is 2. The lowest BCUT2D eigenvalue weighted by molar-refractivity contribution is -0.130. The molecular formula is C18H20N2O5. The maximum absolute atomic E-state index is 12.6. The van der Waals surface area contributed by atoms with E-state index < -0.39 is 17.8 Å². The molecule has 0 atom stereocenters. The van der Waals surface area contributed by atoms with E-state index in [2.05, 4.69) is 12.2 Å². The third kappa shape index (κ3) is 3.65. The van der Waals surface area contributed by atoms with Gasteiger partial charge in [0.05, 0.1) is 0 Å². The molecule has 0 bridgehead atoms. The summed E-state index contributed by atoms with van der Waals surface area (Å²) in [5.41, 5.74) is 0.567. The van der Waals surface area contributed by atoms with Gasteiger partial charge >= 0.3 is 6.03 Å². The van der Waals surface area contributed by atoms with Crippen molar-refractivity contribution in [2.45, 2.75) is 32.6 Å². The lowest BCUT2D eigenvalue weighted by atomic mass is 10.1. The molecule has 0 aliphatic carbocycles. The van der Waals surface area contributed by atoms with E-state index in [1.807, 2.05) is 0 Å². The van der Waals surface area contributed by atoms with Gasteiger partial charge in [0.15, 0.2) is 11.5 Å². The van der Waals surface area contributed by atoms with Crippen LogP contribution in [0.3, 0.4) is 0 Å². The van der Waals surface area contributed by atoms with Crippen LogP contribution in [0.5, 0.6) is 11.5 Å². The van der Waals surface area contributed by atoms with Gasteiger partial charge in [0.1, 0.15) is 5.57 Å². The van der Waals surface area contributed by atoms with Crippen molar-refractivity contribution in [2.24, 2.45) is 0 Å². The summed E-state index contributed by atoms with van der Waals surface area (Å²) in [6, 6.07) is 4.48. The largest absolute Gasteiger partial charge is 0.454 e. The molecule has 1 fully saturated rings. The molecule has 3 rings (SSSR count). The number of benzene rings is 1. The molecule has 1 aromatic carbocycles. The molecule has 1 N–H and O–H groups in total. The van der Waals surface area contributed by atoms with Gasteiger partial charge in [-0.2, -0.15) is 0 Å². The Morgan fingerprint density at radius 1 is 1.12 bits per heavy atom. The average Bonchev–Trinajstić information content (AvgIpc) is 3.05. The van der Waals surface area contributed by atoms with Gasteiger partial charge in [0.25, 0.3) is 11.8 Å². The number of carbonyl (C=O) groups excluding carboxylic acids is 3.